The molecule has 2 amide bonds. The average Bonchev–Trinajstić information content (AvgIpc) is 2.49. The number of methoxy groups -OCH3 is 1. The van der Waals surface area contributed by atoms with Crippen LogP contribution in [-0.2, 0) is 14.3 Å². The Balaban J connectivity index is 1.95. The summed E-state index contributed by atoms with van der Waals surface area (Å²) in [6.45, 7) is 0.896. The maximum Gasteiger partial charge on any atom is 0.336 e. The van der Waals surface area contributed by atoms with E-state index < -0.39 is 12.1 Å². The van der Waals surface area contributed by atoms with Crippen LogP contribution < -0.4 is 5.32 Å². The maximum absolute atomic E-state index is 12.1. The Morgan fingerprint density at radius 3 is 2.75 bits per heavy atom. The number of carbonyl (C=O) groups is 2. The molecule has 6 nitrogen and oxygen atoms in total. The van der Waals surface area contributed by atoms with E-state index in [1.807, 2.05) is 0 Å². The van der Waals surface area contributed by atoms with Gasteiger partial charge in [0.15, 0.2) is 6.10 Å². The number of anilines is 1. The summed E-state index contributed by atoms with van der Waals surface area (Å²) < 4.78 is 9.88. The number of amides is 2. The lowest BCUT2D eigenvalue weighted by Gasteiger charge is -2.31. The predicted octanol–water partition coefficient (Wildman–Crippen LogP) is 1.75. The first-order chi connectivity index (χ1) is 9.60. The number of nitrogens with one attached hydrogen (secondary N) is 1. The molecule has 1 fully saturated rings. The highest BCUT2D eigenvalue weighted by Gasteiger charge is 2.29. The molecule has 1 saturated heterocycles. The lowest BCUT2D eigenvalue weighted by molar-refractivity contribution is -0.158. The Hall–Kier alpha value is -1.79. The number of halogens is 1. The number of hydrogen-bond donors (Lipinski definition) is 1. The van der Waals surface area contributed by atoms with Crippen LogP contribution in [-0.4, -0.2) is 49.8 Å². The first-order valence-corrected chi connectivity index (χ1v) is 6.49. The molecule has 1 atom stereocenters. The van der Waals surface area contributed by atoms with Gasteiger partial charge in [-0.3, -0.25) is 0 Å². The molecule has 1 aliphatic rings. The van der Waals surface area contributed by atoms with Crippen LogP contribution in [0, 0.1) is 0 Å². The number of carbonyl (C=O) groups excluding carboxylic acids is 2. The van der Waals surface area contributed by atoms with E-state index in [9.17, 15) is 9.59 Å². The second kappa shape index (κ2) is 6.58. The second-order valence-corrected chi connectivity index (χ2v) is 4.70. The van der Waals surface area contributed by atoms with Crippen molar-refractivity contribution < 1.29 is 19.1 Å². The fourth-order valence-electron chi connectivity index (χ4n) is 1.84. The lowest BCUT2D eigenvalue weighted by atomic mass is 10.3. The predicted molar refractivity (Wildman–Crippen MR) is 73.8 cm³/mol. The van der Waals surface area contributed by atoms with Crippen LogP contribution in [0.5, 0.6) is 0 Å². The minimum absolute atomic E-state index is 0.173. The van der Waals surface area contributed by atoms with Gasteiger partial charge in [0.05, 0.1) is 20.3 Å². The van der Waals surface area contributed by atoms with Crippen LogP contribution >= 0.6 is 11.6 Å². The summed E-state index contributed by atoms with van der Waals surface area (Å²) in [6.07, 6.45) is -0.732. The molecular formula is C13H15ClN2O4. The molecule has 1 unspecified atom stereocenters. The lowest BCUT2D eigenvalue weighted by Crippen LogP contribution is -2.50. The Morgan fingerprint density at radius 2 is 2.10 bits per heavy atom. The highest BCUT2D eigenvalue weighted by Crippen LogP contribution is 2.15. The van der Waals surface area contributed by atoms with E-state index in [1.165, 1.54) is 12.0 Å². The van der Waals surface area contributed by atoms with Crippen LogP contribution in [0.2, 0.25) is 5.02 Å². The molecule has 2 rings (SSSR count). The molecule has 108 valence electrons. The molecule has 0 bridgehead atoms. The standard InChI is InChI=1S/C13H15ClN2O4/c1-19-12(17)11-8-16(6-7-20-11)13(18)15-10-4-2-9(14)3-5-10/h2-5,11H,6-8H2,1H3,(H,15,18). The summed E-state index contributed by atoms with van der Waals surface area (Å²) in [5, 5.41) is 3.33. The zero-order valence-electron chi connectivity index (χ0n) is 11.0. The van der Waals surface area contributed by atoms with E-state index >= 15 is 0 Å². The van der Waals surface area contributed by atoms with E-state index in [4.69, 9.17) is 16.3 Å². The average molecular weight is 299 g/mol. The summed E-state index contributed by atoms with van der Waals surface area (Å²) in [7, 11) is 1.29. The van der Waals surface area contributed by atoms with Gasteiger partial charge in [0, 0.05) is 17.3 Å². The third-order valence-electron chi connectivity index (χ3n) is 2.91. The van der Waals surface area contributed by atoms with Crippen molar-refractivity contribution >= 4 is 29.3 Å². The number of rotatable bonds is 2. The minimum atomic E-state index is -0.732. The van der Waals surface area contributed by atoms with Gasteiger partial charge < -0.3 is 19.7 Å². The van der Waals surface area contributed by atoms with Gasteiger partial charge in [-0.2, -0.15) is 0 Å². The minimum Gasteiger partial charge on any atom is -0.467 e. The van der Waals surface area contributed by atoms with Crippen molar-refractivity contribution in [2.24, 2.45) is 0 Å². The van der Waals surface area contributed by atoms with Gasteiger partial charge in [0.2, 0.25) is 0 Å². The molecule has 1 aliphatic heterocycles. The van der Waals surface area contributed by atoms with Gasteiger partial charge in [-0.1, -0.05) is 11.6 Å². The molecular weight excluding hydrogens is 284 g/mol. The Kier molecular flexibility index (Phi) is 4.81. The Labute approximate surface area is 121 Å². The van der Waals surface area contributed by atoms with Crippen LogP contribution in [0.3, 0.4) is 0 Å². The van der Waals surface area contributed by atoms with Crippen molar-refractivity contribution in [2.45, 2.75) is 6.10 Å². The van der Waals surface area contributed by atoms with E-state index in [1.54, 1.807) is 24.3 Å². The highest BCUT2D eigenvalue weighted by atomic mass is 35.5. The fraction of sp³-hybridized carbons (Fsp3) is 0.385. The largest absolute Gasteiger partial charge is 0.467 e. The van der Waals surface area contributed by atoms with Crippen LogP contribution in [0.1, 0.15) is 0 Å². The van der Waals surface area contributed by atoms with Crippen molar-refractivity contribution in [3.63, 3.8) is 0 Å². The third-order valence-corrected chi connectivity index (χ3v) is 3.17. The molecule has 0 radical (unpaired) electrons. The van der Waals surface area contributed by atoms with E-state index in [0.717, 1.165) is 0 Å². The second-order valence-electron chi connectivity index (χ2n) is 4.27. The number of nitrogens with zero attached hydrogens (tertiary/aromatic N) is 1. The molecule has 20 heavy (non-hydrogen) atoms. The zero-order chi connectivity index (χ0) is 14.5. The Morgan fingerprint density at radius 1 is 1.40 bits per heavy atom. The van der Waals surface area contributed by atoms with Crippen LogP contribution in [0.4, 0.5) is 10.5 Å². The van der Waals surface area contributed by atoms with Crippen LogP contribution in [0.25, 0.3) is 0 Å². The first-order valence-electron chi connectivity index (χ1n) is 6.11. The van der Waals surface area contributed by atoms with Crippen molar-refractivity contribution in [1.82, 2.24) is 4.90 Å². The SMILES string of the molecule is COC(=O)C1CN(C(=O)Nc2ccc(Cl)cc2)CCO1. The topological polar surface area (TPSA) is 67.9 Å². The molecule has 0 saturated carbocycles. The first kappa shape index (κ1) is 14.6. The molecule has 0 aromatic heterocycles. The number of morpholine rings is 1. The van der Waals surface area contributed by atoms with E-state index in [2.05, 4.69) is 10.1 Å². The summed E-state index contributed by atoms with van der Waals surface area (Å²) in [5.74, 6) is -0.478. The summed E-state index contributed by atoms with van der Waals surface area (Å²) in [5.41, 5.74) is 0.639. The van der Waals surface area contributed by atoms with Crippen molar-refractivity contribution in [2.75, 3.05) is 32.1 Å². The van der Waals surface area contributed by atoms with E-state index in [-0.39, 0.29) is 12.6 Å². The number of ether oxygens (including phenoxy) is 2. The van der Waals surface area contributed by atoms with Gasteiger partial charge in [0.1, 0.15) is 0 Å². The van der Waals surface area contributed by atoms with Gasteiger partial charge in [-0.15, -0.1) is 0 Å². The quantitative estimate of drug-likeness (QED) is 0.845. The Bertz CT molecular complexity index is 492. The summed E-state index contributed by atoms with van der Waals surface area (Å²) in [6, 6.07) is 6.50. The number of esters is 1. The molecule has 0 aliphatic carbocycles. The number of benzene rings is 1. The molecule has 1 aromatic rings. The van der Waals surface area contributed by atoms with Crippen molar-refractivity contribution in [3.05, 3.63) is 29.3 Å². The zero-order valence-corrected chi connectivity index (χ0v) is 11.7. The molecule has 0 spiro atoms. The highest BCUT2D eigenvalue weighted by molar-refractivity contribution is 6.30. The van der Waals surface area contributed by atoms with Gasteiger partial charge >= 0.3 is 12.0 Å². The molecule has 1 N–H and O–H groups in total. The van der Waals surface area contributed by atoms with Crippen molar-refractivity contribution in [1.29, 1.82) is 0 Å². The van der Waals surface area contributed by atoms with Crippen LogP contribution in [0.15, 0.2) is 24.3 Å². The normalized spacial score (nSPS) is 18.5. The number of urea groups is 1. The monoisotopic (exact) mass is 298 g/mol. The third kappa shape index (κ3) is 3.61. The molecule has 1 heterocycles. The smallest absolute Gasteiger partial charge is 0.336 e. The van der Waals surface area contributed by atoms with Gasteiger partial charge in [-0.05, 0) is 24.3 Å². The molecule has 1 aromatic carbocycles. The maximum atomic E-state index is 12.1. The number of hydrogen-bond acceptors (Lipinski definition) is 4. The summed E-state index contributed by atoms with van der Waals surface area (Å²) >= 11 is 5.78. The summed E-state index contributed by atoms with van der Waals surface area (Å²) in [4.78, 5) is 25.0. The van der Waals surface area contributed by atoms with E-state index in [0.29, 0.717) is 23.9 Å². The van der Waals surface area contributed by atoms with Gasteiger partial charge in [-0.25, -0.2) is 9.59 Å². The molecule has 7 heteroatoms. The van der Waals surface area contributed by atoms with Crippen molar-refractivity contribution in [3.8, 4) is 0 Å². The van der Waals surface area contributed by atoms with Gasteiger partial charge in [0.25, 0.3) is 0 Å². The fourth-order valence-corrected chi connectivity index (χ4v) is 1.97.